The van der Waals surface area contributed by atoms with Crippen LogP contribution in [0.4, 0.5) is 0 Å². The summed E-state index contributed by atoms with van der Waals surface area (Å²) >= 11 is 0. The molecule has 4 N–H and O–H groups in total. The molecule has 2 rings (SSSR count). The molecule has 6 nitrogen and oxygen atoms in total. The van der Waals surface area contributed by atoms with Gasteiger partial charge >= 0.3 is 0 Å². The summed E-state index contributed by atoms with van der Waals surface area (Å²) in [7, 11) is 0. The lowest BCUT2D eigenvalue weighted by molar-refractivity contribution is 0.315. The molecule has 0 aromatic carbocycles. The largest absolute Gasteiger partial charge is 0.370 e. The molecule has 0 unspecified atom stereocenters. The van der Waals surface area contributed by atoms with Crippen LogP contribution >= 0.6 is 0 Å². The molecule has 0 atom stereocenters. The molecule has 1 fully saturated rings. The minimum absolute atomic E-state index is 0.155. The topological polar surface area (TPSA) is 96.2 Å². The van der Waals surface area contributed by atoms with Gasteiger partial charge in [0.1, 0.15) is 5.82 Å². The highest BCUT2D eigenvalue weighted by molar-refractivity contribution is 5.77. The molecule has 1 aromatic rings. The van der Waals surface area contributed by atoms with Gasteiger partial charge in [-0.2, -0.15) is 0 Å². The fraction of sp³-hybridized carbons (Fsp3) is 0.583. The SMILES string of the molecule is Cc1ncc(CN=C(N)NCC2CCC2)c(=O)[nH]1. The van der Waals surface area contributed by atoms with E-state index < -0.39 is 0 Å². The maximum Gasteiger partial charge on any atom is 0.255 e. The number of hydrogen-bond donors (Lipinski definition) is 3. The van der Waals surface area contributed by atoms with Crippen molar-refractivity contribution in [1.29, 1.82) is 0 Å². The van der Waals surface area contributed by atoms with E-state index in [1.54, 1.807) is 6.92 Å². The zero-order valence-corrected chi connectivity index (χ0v) is 10.6. The van der Waals surface area contributed by atoms with Gasteiger partial charge in [-0.05, 0) is 25.7 Å². The Hall–Kier alpha value is -1.85. The molecule has 0 spiro atoms. The maximum absolute atomic E-state index is 11.5. The van der Waals surface area contributed by atoms with E-state index in [0.717, 1.165) is 12.5 Å². The van der Waals surface area contributed by atoms with Gasteiger partial charge in [0.2, 0.25) is 0 Å². The number of H-pyrrole nitrogens is 1. The van der Waals surface area contributed by atoms with Crippen LogP contribution in [0.3, 0.4) is 0 Å². The van der Waals surface area contributed by atoms with Crippen molar-refractivity contribution in [2.75, 3.05) is 6.54 Å². The van der Waals surface area contributed by atoms with Crippen LogP contribution in [0.2, 0.25) is 0 Å². The van der Waals surface area contributed by atoms with E-state index in [1.165, 1.54) is 25.5 Å². The molecule has 0 amide bonds. The van der Waals surface area contributed by atoms with Crippen LogP contribution in [0, 0.1) is 12.8 Å². The average molecular weight is 249 g/mol. The summed E-state index contributed by atoms with van der Waals surface area (Å²) in [4.78, 5) is 22.3. The third kappa shape index (κ3) is 3.32. The number of nitrogens with one attached hydrogen (secondary N) is 2. The lowest BCUT2D eigenvalue weighted by atomic mass is 9.85. The molecule has 0 aliphatic heterocycles. The maximum atomic E-state index is 11.5. The van der Waals surface area contributed by atoms with Crippen LogP contribution in [0.1, 0.15) is 30.7 Å². The highest BCUT2D eigenvalue weighted by Gasteiger charge is 2.16. The first kappa shape index (κ1) is 12.6. The summed E-state index contributed by atoms with van der Waals surface area (Å²) in [5.74, 6) is 1.72. The van der Waals surface area contributed by atoms with E-state index in [9.17, 15) is 4.79 Å². The van der Waals surface area contributed by atoms with Gasteiger partial charge in [-0.15, -0.1) is 0 Å². The molecule has 1 aromatic heterocycles. The first-order valence-corrected chi connectivity index (χ1v) is 6.23. The zero-order chi connectivity index (χ0) is 13.0. The van der Waals surface area contributed by atoms with E-state index in [1.807, 2.05) is 0 Å². The predicted molar refractivity (Wildman–Crippen MR) is 70.3 cm³/mol. The molecule has 1 aliphatic rings. The lowest BCUT2D eigenvalue weighted by Gasteiger charge is -2.25. The van der Waals surface area contributed by atoms with E-state index in [2.05, 4.69) is 20.3 Å². The van der Waals surface area contributed by atoms with Crippen molar-refractivity contribution >= 4 is 5.96 Å². The second-order valence-electron chi connectivity index (χ2n) is 4.70. The molecule has 0 bridgehead atoms. The highest BCUT2D eigenvalue weighted by atomic mass is 16.1. The van der Waals surface area contributed by atoms with Gasteiger partial charge < -0.3 is 16.0 Å². The Balaban J connectivity index is 1.86. The van der Waals surface area contributed by atoms with Crippen molar-refractivity contribution in [3.63, 3.8) is 0 Å². The van der Waals surface area contributed by atoms with Crippen LogP contribution in [0.25, 0.3) is 0 Å². The minimum Gasteiger partial charge on any atom is -0.370 e. The summed E-state index contributed by atoms with van der Waals surface area (Å²) in [5.41, 5.74) is 6.10. The van der Waals surface area contributed by atoms with E-state index in [0.29, 0.717) is 17.3 Å². The number of nitrogens with two attached hydrogens (primary N) is 1. The van der Waals surface area contributed by atoms with Gasteiger partial charge in [-0.25, -0.2) is 9.98 Å². The zero-order valence-electron chi connectivity index (χ0n) is 10.6. The number of aromatic nitrogens is 2. The summed E-state index contributed by atoms with van der Waals surface area (Å²) < 4.78 is 0. The molecule has 18 heavy (non-hydrogen) atoms. The van der Waals surface area contributed by atoms with Crippen molar-refractivity contribution < 1.29 is 0 Å². The van der Waals surface area contributed by atoms with Crippen LogP contribution in [0.5, 0.6) is 0 Å². The lowest BCUT2D eigenvalue weighted by Crippen LogP contribution is -2.37. The van der Waals surface area contributed by atoms with Gasteiger partial charge in [0.15, 0.2) is 5.96 Å². The quantitative estimate of drug-likeness (QED) is 0.527. The van der Waals surface area contributed by atoms with E-state index in [-0.39, 0.29) is 12.1 Å². The van der Waals surface area contributed by atoms with Crippen LogP contribution in [0.15, 0.2) is 16.0 Å². The first-order valence-electron chi connectivity index (χ1n) is 6.23. The van der Waals surface area contributed by atoms with E-state index in [4.69, 9.17) is 5.73 Å². The summed E-state index contributed by atoms with van der Waals surface area (Å²) in [6.07, 6.45) is 5.38. The van der Waals surface area contributed by atoms with Crippen molar-refractivity contribution in [3.05, 3.63) is 27.9 Å². The number of aromatic amines is 1. The van der Waals surface area contributed by atoms with E-state index >= 15 is 0 Å². The Bertz CT molecular complexity index is 489. The highest BCUT2D eigenvalue weighted by Crippen LogP contribution is 2.24. The van der Waals surface area contributed by atoms with Crippen molar-refractivity contribution in [3.8, 4) is 0 Å². The molecular formula is C12H19N5O. The Labute approximate surface area is 106 Å². The van der Waals surface area contributed by atoms with Crippen molar-refractivity contribution in [1.82, 2.24) is 15.3 Å². The number of aliphatic imine (C=N–C) groups is 1. The molecule has 98 valence electrons. The Morgan fingerprint density at radius 2 is 2.44 bits per heavy atom. The Morgan fingerprint density at radius 3 is 3.06 bits per heavy atom. The number of guanidine groups is 1. The van der Waals surface area contributed by atoms with Gasteiger partial charge in [0, 0.05) is 12.7 Å². The molecule has 1 aliphatic carbocycles. The summed E-state index contributed by atoms with van der Waals surface area (Å²) in [6.45, 7) is 2.87. The standard InChI is InChI=1S/C12H19N5O/c1-8-14-6-10(11(18)17-8)7-16-12(13)15-5-9-3-2-4-9/h6,9H,2-5,7H2,1H3,(H3,13,15,16)(H,14,17,18). The molecular weight excluding hydrogens is 230 g/mol. The predicted octanol–water partition coefficient (Wildman–Crippen LogP) is 0.283. The smallest absolute Gasteiger partial charge is 0.255 e. The van der Waals surface area contributed by atoms with Crippen LogP contribution in [-0.2, 0) is 6.54 Å². The minimum atomic E-state index is -0.155. The third-order valence-electron chi connectivity index (χ3n) is 3.22. The number of nitrogens with zero attached hydrogens (tertiary/aromatic N) is 2. The summed E-state index contributed by atoms with van der Waals surface area (Å²) in [6, 6.07) is 0. The molecule has 6 heteroatoms. The first-order chi connectivity index (χ1) is 8.65. The third-order valence-corrected chi connectivity index (χ3v) is 3.22. The fourth-order valence-electron chi connectivity index (χ4n) is 1.79. The number of rotatable bonds is 4. The fourth-order valence-corrected chi connectivity index (χ4v) is 1.79. The number of hydrogen-bond acceptors (Lipinski definition) is 3. The molecule has 1 heterocycles. The summed E-state index contributed by atoms with van der Waals surface area (Å²) in [5, 5.41) is 3.08. The second kappa shape index (κ2) is 5.66. The molecule has 0 saturated heterocycles. The molecule has 1 saturated carbocycles. The van der Waals surface area contributed by atoms with Crippen molar-refractivity contribution in [2.24, 2.45) is 16.6 Å². The van der Waals surface area contributed by atoms with Gasteiger partial charge in [0.25, 0.3) is 5.56 Å². The van der Waals surface area contributed by atoms with Gasteiger partial charge in [-0.1, -0.05) is 6.42 Å². The van der Waals surface area contributed by atoms with Crippen molar-refractivity contribution in [2.45, 2.75) is 32.7 Å². The Morgan fingerprint density at radius 1 is 1.67 bits per heavy atom. The van der Waals surface area contributed by atoms with Gasteiger partial charge in [0.05, 0.1) is 12.1 Å². The normalized spacial score (nSPS) is 16.4. The Kier molecular flexibility index (Phi) is 3.96. The monoisotopic (exact) mass is 249 g/mol. The van der Waals surface area contributed by atoms with Gasteiger partial charge in [-0.3, -0.25) is 4.79 Å². The molecule has 0 radical (unpaired) electrons. The second-order valence-corrected chi connectivity index (χ2v) is 4.70. The van der Waals surface area contributed by atoms with Crippen LogP contribution in [-0.4, -0.2) is 22.5 Å². The van der Waals surface area contributed by atoms with Crippen LogP contribution < -0.4 is 16.6 Å². The number of aryl methyl sites for hydroxylation is 1. The average Bonchev–Trinajstić information content (AvgIpc) is 2.25.